The second kappa shape index (κ2) is 8.20. The van der Waals surface area contributed by atoms with E-state index in [1.807, 2.05) is 39.0 Å². The summed E-state index contributed by atoms with van der Waals surface area (Å²) in [5, 5.41) is 0. The number of sulfone groups is 1. The van der Waals surface area contributed by atoms with Gasteiger partial charge in [-0.3, -0.25) is 9.59 Å². The number of anilines is 1. The molecule has 0 N–H and O–H groups in total. The molecule has 7 heteroatoms. The van der Waals surface area contributed by atoms with Crippen molar-refractivity contribution in [2.75, 3.05) is 29.5 Å². The molecule has 0 aliphatic carbocycles. The van der Waals surface area contributed by atoms with Crippen LogP contribution in [0.4, 0.5) is 5.69 Å². The van der Waals surface area contributed by atoms with Crippen LogP contribution in [0.5, 0.6) is 0 Å². The maximum Gasteiger partial charge on any atom is 0.224 e. The Morgan fingerprint density at radius 2 is 1.81 bits per heavy atom. The molecule has 0 radical (unpaired) electrons. The molecule has 144 valence electrons. The lowest BCUT2D eigenvalue weighted by Gasteiger charge is -2.29. The van der Waals surface area contributed by atoms with Gasteiger partial charge in [-0.25, -0.2) is 8.42 Å². The number of nitrogens with zero attached hydrogens (tertiary/aromatic N) is 2. The van der Waals surface area contributed by atoms with Crippen molar-refractivity contribution in [2.45, 2.75) is 46.6 Å². The monoisotopic (exact) mass is 380 g/mol. The van der Waals surface area contributed by atoms with Gasteiger partial charge in [-0.15, -0.1) is 0 Å². The van der Waals surface area contributed by atoms with Crippen LogP contribution in [0, 0.1) is 13.8 Å². The Bertz CT molecular complexity index is 768. The van der Waals surface area contributed by atoms with Crippen LogP contribution in [0.25, 0.3) is 0 Å². The summed E-state index contributed by atoms with van der Waals surface area (Å²) in [7, 11) is -3.04. The molecule has 6 nitrogen and oxygen atoms in total. The first kappa shape index (κ1) is 20.4. The third-order valence-electron chi connectivity index (χ3n) is 4.95. The van der Waals surface area contributed by atoms with Gasteiger partial charge in [-0.2, -0.15) is 0 Å². The molecule has 2 amide bonds. The number of rotatable bonds is 6. The fourth-order valence-electron chi connectivity index (χ4n) is 3.67. The largest absolute Gasteiger partial charge is 0.339 e. The van der Waals surface area contributed by atoms with Gasteiger partial charge < -0.3 is 9.80 Å². The van der Waals surface area contributed by atoms with Crippen molar-refractivity contribution in [2.24, 2.45) is 0 Å². The van der Waals surface area contributed by atoms with Gasteiger partial charge in [0, 0.05) is 38.2 Å². The fourth-order valence-corrected chi connectivity index (χ4v) is 5.40. The quantitative estimate of drug-likeness (QED) is 0.757. The Kier molecular flexibility index (Phi) is 6.44. The summed E-state index contributed by atoms with van der Waals surface area (Å²) in [5.74, 6) is -0.0302. The van der Waals surface area contributed by atoms with E-state index in [2.05, 4.69) is 0 Å². The Morgan fingerprint density at radius 1 is 1.19 bits per heavy atom. The van der Waals surface area contributed by atoms with Crippen molar-refractivity contribution in [1.82, 2.24) is 4.90 Å². The molecule has 1 aliphatic rings. The Hall–Kier alpha value is -1.89. The van der Waals surface area contributed by atoms with Gasteiger partial charge in [-0.05, 0) is 38.3 Å². The van der Waals surface area contributed by atoms with Crippen LogP contribution >= 0.6 is 0 Å². The lowest BCUT2D eigenvalue weighted by molar-refractivity contribution is -0.132. The van der Waals surface area contributed by atoms with Crippen molar-refractivity contribution in [3.05, 3.63) is 29.3 Å². The molecule has 1 saturated heterocycles. The van der Waals surface area contributed by atoms with Crippen molar-refractivity contribution in [3.63, 3.8) is 0 Å². The number of carbonyl (C=O) groups excluding carboxylic acids is 2. The molecule has 1 unspecified atom stereocenters. The maximum atomic E-state index is 12.7. The molecule has 1 aromatic rings. The van der Waals surface area contributed by atoms with E-state index < -0.39 is 9.84 Å². The van der Waals surface area contributed by atoms with Crippen molar-refractivity contribution in [3.8, 4) is 0 Å². The highest BCUT2D eigenvalue weighted by atomic mass is 32.2. The lowest BCUT2D eigenvalue weighted by Crippen LogP contribution is -2.43. The van der Waals surface area contributed by atoms with Crippen LogP contribution < -0.4 is 4.90 Å². The molecule has 26 heavy (non-hydrogen) atoms. The van der Waals surface area contributed by atoms with E-state index in [9.17, 15) is 18.0 Å². The number of para-hydroxylation sites is 1. The molecule has 0 saturated carbocycles. The average molecular weight is 381 g/mol. The molecule has 1 heterocycles. The number of hydrogen-bond acceptors (Lipinski definition) is 4. The molecule has 0 spiro atoms. The van der Waals surface area contributed by atoms with Crippen LogP contribution in [0.3, 0.4) is 0 Å². The molecule has 1 aliphatic heterocycles. The maximum absolute atomic E-state index is 12.7. The van der Waals surface area contributed by atoms with E-state index >= 15 is 0 Å². The zero-order chi connectivity index (χ0) is 19.5. The van der Waals surface area contributed by atoms with E-state index in [1.165, 1.54) is 6.92 Å². The number of amides is 2. The third-order valence-corrected chi connectivity index (χ3v) is 6.70. The van der Waals surface area contributed by atoms with Gasteiger partial charge in [0.1, 0.15) is 0 Å². The molecule has 2 rings (SSSR count). The second-order valence-electron chi connectivity index (χ2n) is 6.90. The summed E-state index contributed by atoms with van der Waals surface area (Å²) in [5.41, 5.74) is 2.82. The average Bonchev–Trinajstić information content (AvgIpc) is 2.90. The molecule has 1 atom stereocenters. The highest BCUT2D eigenvalue weighted by molar-refractivity contribution is 7.91. The summed E-state index contributed by atoms with van der Waals surface area (Å²) in [6, 6.07) is 5.59. The summed E-state index contributed by atoms with van der Waals surface area (Å²) >= 11 is 0. The van der Waals surface area contributed by atoms with Gasteiger partial charge in [0.25, 0.3) is 0 Å². The van der Waals surface area contributed by atoms with Crippen molar-refractivity contribution >= 4 is 27.3 Å². The van der Waals surface area contributed by atoms with Gasteiger partial charge in [0.15, 0.2) is 9.84 Å². The fraction of sp³-hybridized carbons (Fsp3) is 0.579. The van der Waals surface area contributed by atoms with Gasteiger partial charge in [-0.1, -0.05) is 18.2 Å². The van der Waals surface area contributed by atoms with E-state index in [1.54, 1.807) is 9.80 Å². The van der Waals surface area contributed by atoms with Crippen LogP contribution in [0.15, 0.2) is 18.2 Å². The zero-order valence-electron chi connectivity index (χ0n) is 16.0. The first-order chi connectivity index (χ1) is 12.2. The van der Waals surface area contributed by atoms with Crippen molar-refractivity contribution < 1.29 is 18.0 Å². The van der Waals surface area contributed by atoms with E-state index in [0.29, 0.717) is 13.0 Å². The standard InChI is InChI=1S/C19H28N2O4S/c1-5-20(17-10-12-26(24,25)13-17)18(23)9-11-21(16(4)22)19-14(2)7-6-8-15(19)3/h6-8,17H,5,9-13H2,1-4H3. The third kappa shape index (κ3) is 4.63. The van der Waals surface area contributed by atoms with E-state index in [0.717, 1.165) is 16.8 Å². The highest BCUT2D eigenvalue weighted by Gasteiger charge is 2.34. The Labute approximate surface area is 156 Å². The van der Waals surface area contributed by atoms with E-state index in [4.69, 9.17) is 0 Å². The van der Waals surface area contributed by atoms with Crippen LogP contribution in [-0.4, -0.2) is 55.8 Å². The Balaban J connectivity index is 2.11. The van der Waals surface area contributed by atoms with Crippen LogP contribution in [0.2, 0.25) is 0 Å². The van der Waals surface area contributed by atoms with Crippen molar-refractivity contribution in [1.29, 1.82) is 0 Å². The predicted molar refractivity (Wildman–Crippen MR) is 103 cm³/mol. The zero-order valence-corrected chi connectivity index (χ0v) is 16.8. The predicted octanol–water partition coefficient (Wildman–Crippen LogP) is 2.08. The normalized spacial score (nSPS) is 18.5. The minimum atomic E-state index is -3.04. The Morgan fingerprint density at radius 3 is 2.27 bits per heavy atom. The molecule has 0 aromatic heterocycles. The number of benzene rings is 1. The second-order valence-corrected chi connectivity index (χ2v) is 9.13. The smallest absolute Gasteiger partial charge is 0.224 e. The summed E-state index contributed by atoms with van der Waals surface area (Å²) < 4.78 is 23.4. The van der Waals surface area contributed by atoms with Crippen LogP contribution in [-0.2, 0) is 19.4 Å². The topological polar surface area (TPSA) is 74.8 Å². The SMILES string of the molecule is CCN(C(=O)CCN(C(C)=O)c1c(C)cccc1C)C1CCS(=O)(=O)C1. The minimum Gasteiger partial charge on any atom is -0.339 e. The molecule has 0 bridgehead atoms. The summed E-state index contributed by atoms with van der Waals surface area (Å²) in [6.45, 7) is 8.01. The van der Waals surface area contributed by atoms with E-state index in [-0.39, 0.29) is 42.3 Å². The van der Waals surface area contributed by atoms with Gasteiger partial charge in [0.05, 0.1) is 11.5 Å². The lowest BCUT2D eigenvalue weighted by atomic mass is 10.1. The van der Waals surface area contributed by atoms with Crippen LogP contribution in [0.1, 0.15) is 37.8 Å². The molecular weight excluding hydrogens is 352 g/mol. The summed E-state index contributed by atoms with van der Waals surface area (Å²) in [6.07, 6.45) is 0.674. The molecular formula is C19H28N2O4S. The first-order valence-electron chi connectivity index (χ1n) is 9.00. The summed E-state index contributed by atoms with van der Waals surface area (Å²) in [4.78, 5) is 28.1. The number of hydrogen-bond donors (Lipinski definition) is 0. The molecule has 1 fully saturated rings. The molecule has 1 aromatic carbocycles. The van der Waals surface area contributed by atoms with Gasteiger partial charge in [0.2, 0.25) is 11.8 Å². The first-order valence-corrected chi connectivity index (χ1v) is 10.8. The minimum absolute atomic E-state index is 0.0416. The highest BCUT2D eigenvalue weighted by Crippen LogP contribution is 2.25. The number of aryl methyl sites for hydroxylation is 2. The van der Waals surface area contributed by atoms with Gasteiger partial charge >= 0.3 is 0 Å². The number of carbonyl (C=O) groups is 2.